The second-order valence-electron chi connectivity index (χ2n) is 6.91. The fourth-order valence-corrected chi connectivity index (χ4v) is 2.86. The number of carbonyl (C=O) groups excluding carboxylic acids is 1. The van der Waals surface area contributed by atoms with Gasteiger partial charge in [-0.3, -0.25) is 4.79 Å². The number of nitrogens with zero attached hydrogens (tertiary/aromatic N) is 3. The van der Waals surface area contributed by atoms with Crippen molar-refractivity contribution in [1.29, 1.82) is 0 Å². The first kappa shape index (κ1) is 19.9. The van der Waals surface area contributed by atoms with E-state index < -0.39 is 17.5 Å². The van der Waals surface area contributed by atoms with Crippen LogP contribution in [-0.4, -0.2) is 27.5 Å². The van der Waals surface area contributed by atoms with E-state index in [2.05, 4.69) is 17.1 Å². The monoisotopic (exact) mass is 361 g/mol. The van der Waals surface area contributed by atoms with E-state index >= 15 is 0 Å². The van der Waals surface area contributed by atoms with Crippen LogP contribution in [0.25, 0.3) is 0 Å². The van der Waals surface area contributed by atoms with E-state index in [9.17, 15) is 13.6 Å². The molecule has 2 aromatic rings. The Bertz CT molecular complexity index is 778. The summed E-state index contributed by atoms with van der Waals surface area (Å²) in [5.74, 6) is -1.74. The third kappa shape index (κ3) is 5.07. The molecule has 26 heavy (non-hydrogen) atoms. The molecule has 140 valence electrons. The van der Waals surface area contributed by atoms with E-state index in [1.165, 1.54) is 4.90 Å². The maximum Gasteiger partial charge on any atom is 0.257 e. The van der Waals surface area contributed by atoms with Crippen LogP contribution < -0.4 is 0 Å². The summed E-state index contributed by atoms with van der Waals surface area (Å²) in [5.41, 5.74) is 2.28. The number of hydrogen-bond acceptors (Lipinski definition) is 3. The van der Waals surface area contributed by atoms with E-state index in [1.54, 1.807) is 0 Å². The molecule has 0 aliphatic heterocycles. The average Bonchev–Trinajstić information content (AvgIpc) is 2.58. The van der Waals surface area contributed by atoms with Crippen molar-refractivity contribution in [3.8, 4) is 0 Å². The maximum atomic E-state index is 14.1. The molecule has 0 radical (unpaired) electrons. The number of carbonyl (C=O) groups is 1. The zero-order chi connectivity index (χ0) is 19.3. The Morgan fingerprint density at radius 2 is 1.92 bits per heavy atom. The zero-order valence-electron chi connectivity index (χ0n) is 15.7. The molecule has 0 aliphatic rings. The first-order valence-corrected chi connectivity index (χ1v) is 8.88. The van der Waals surface area contributed by atoms with Gasteiger partial charge in [-0.05, 0) is 49.1 Å². The van der Waals surface area contributed by atoms with Crippen LogP contribution in [0.5, 0.6) is 0 Å². The van der Waals surface area contributed by atoms with Gasteiger partial charge in [-0.2, -0.15) is 10.2 Å². The molecule has 1 amide bonds. The highest BCUT2D eigenvalue weighted by Gasteiger charge is 2.22. The van der Waals surface area contributed by atoms with E-state index in [4.69, 9.17) is 0 Å². The molecule has 0 N–H and O–H groups in total. The normalized spacial score (nSPS) is 11.0. The number of amides is 1. The molecule has 1 aromatic carbocycles. The Morgan fingerprint density at radius 1 is 1.19 bits per heavy atom. The predicted molar refractivity (Wildman–Crippen MR) is 96.7 cm³/mol. The molecule has 0 saturated carbocycles. The molecule has 0 saturated heterocycles. The van der Waals surface area contributed by atoms with Crippen molar-refractivity contribution in [3.05, 3.63) is 58.4 Å². The van der Waals surface area contributed by atoms with Gasteiger partial charge in [-0.15, -0.1) is 0 Å². The Balaban J connectivity index is 2.36. The Labute approximate surface area is 153 Å². The molecule has 0 spiro atoms. The van der Waals surface area contributed by atoms with Gasteiger partial charge in [0.05, 0.1) is 23.5 Å². The Kier molecular flexibility index (Phi) is 6.77. The van der Waals surface area contributed by atoms with Gasteiger partial charge in [0.2, 0.25) is 0 Å². The molecule has 2 rings (SSSR count). The lowest BCUT2D eigenvalue weighted by Crippen LogP contribution is -2.35. The van der Waals surface area contributed by atoms with E-state index in [0.29, 0.717) is 12.2 Å². The first-order valence-electron chi connectivity index (χ1n) is 8.88. The van der Waals surface area contributed by atoms with Gasteiger partial charge >= 0.3 is 0 Å². The highest BCUT2D eigenvalue weighted by atomic mass is 19.1. The van der Waals surface area contributed by atoms with Gasteiger partial charge in [-0.1, -0.05) is 27.2 Å². The summed E-state index contributed by atoms with van der Waals surface area (Å²) < 4.78 is 27.6. The van der Waals surface area contributed by atoms with Crippen molar-refractivity contribution in [3.63, 3.8) is 0 Å². The minimum Gasteiger partial charge on any atom is -0.332 e. The smallest absolute Gasteiger partial charge is 0.257 e. The number of benzene rings is 1. The molecule has 0 fully saturated rings. The summed E-state index contributed by atoms with van der Waals surface area (Å²) in [6, 6.07) is 4.89. The van der Waals surface area contributed by atoms with Crippen LogP contribution in [0.15, 0.2) is 24.3 Å². The van der Waals surface area contributed by atoms with Crippen LogP contribution in [-0.2, 0) is 13.0 Å². The summed E-state index contributed by atoms with van der Waals surface area (Å²) in [4.78, 5) is 14.4. The lowest BCUT2D eigenvalue weighted by Gasteiger charge is -2.25. The number of hydrogen-bond donors (Lipinski definition) is 0. The molecule has 0 aliphatic carbocycles. The quantitative estimate of drug-likeness (QED) is 0.738. The van der Waals surface area contributed by atoms with Crippen molar-refractivity contribution < 1.29 is 13.6 Å². The summed E-state index contributed by atoms with van der Waals surface area (Å²) in [6.45, 7) is 8.51. The average molecular weight is 361 g/mol. The second-order valence-corrected chi connectivity index (χ2v) is 6.91. The molecular weight excluding hydrogens is 336 g/mol. The summed E-state index contributed by atoms with van der Waals surface area (Å²) in [6.07, 6.45) is 1.76. The first-order chi connectivity index (χ1) is 12.3. The van der Waals surface area contributed by atoms with E-state index in [-0.39, 0.29) is 18.0 Å². The lowest BCUT2D eigenvalue weighted by molar-refractivity contribution is 0.0714. The van der Waals surface area contributed by atoms with Crippen LogP contribution in [0.4, 0.5) is 8.78 Å². The van der Waals surface area contributed by atoms with Crippen molar-refractivity contribution in [2.45, 2.75) is 47.1 Å². The van der Waals surface area contributed by atoms with Crippen molar-refractivity contribution in [1.82, 2.24) is 15.1 Å². The topological polar surface area (TPSA) is 46.1 Å². The van der Waals surface area contributed by atoms with Crippen molar-refractivity contribution >= 4 is 5.91 Å². The zero-order valence-corrected chi connectivity index (χ0v) is 15.7. The van der Waals surface area contributed by atoms with Crippen molar-refractivity contribution in [2.75, 3.05) is 6.54 Å². The molecule has 0 atom stereocenters. The molecule has 4 nitrogen and oxygen atoms in total. The molecule has 1 aromatic heterocycles. The summed E-state index contributed by atoms with van der Waals surface area (Å²) in [7, 11) is 0. The van der Waals surface area contributed by atoms with Crippen LogP contribution in [0.3, 0.4) is 0 Å². The van der Waals surface area contributed by atoms with Gasteiger partial charge in [0, 0.05) is 6.54 Å². The Hall–Kier alpha value is -2.37. The molecular formula is C20H25F2N3O. The van der Waals surface area contributed by atoms with E-state index in [0.717, 1.165) is 42.3 Å². The van der Waals surface area contributed by atoms with Gasteiger partial charge in [0.25, 0.3) is 5.91 Å². The van der Waals surface area contributed by atoms with Crippen LogP contribution in [0.2, 0.25) is 0 Å². The van der Waals surface area contributed by atoms with Gasteiger partial charge in [-0.25, -0.2) is 8.78 Å². The molecule has 0 bridgehead atoms. The molecule has 6 heteroatoms. The lowest BCUT2D eigenvalue weighted by atomic mass is 10.1. The highest BCUT2D eigenvalue weighted by molar-refractivity contribution is 5.94. The minimum atomic E-state index is -0.728. The standard InChI is InChI=1S/C20H25F2N3O/c1-5-6-15-9-14(4)23-24-19(15)12-25(11-13(2)3)20(26)17-10-16(21)7-8-18(17)22/h7-10,13H,5-6,11-12H2,1-4H3. The van der Waals surface area contributed by atoms with Crippen LogP contribution in [0.1, 0.15) is 54.5 Å². The highest BCUT2D eigenvalue weighted by Crippen LogP contribution is 2.18. The van der Waals surface area contributed by atoms with Gasteiger partial charge in [0.1, 0.15) is 11.6 Å². The number of halogens is 2. The minimum absolute atomic E-state index is 0.170. The number of aryl methyl sites for hydroxylation is 2. The largest absolute Gasteiger partial charge is 0.332 e. The molecule has 0 unspecified atom stereocenters. The fourth-order valence-electron chi connectivity index (χ4n) is 2.86. The van der Waals surface area contributed by atoms with Crippen LogP contribution >= 0.6 is 0 Å². The third-order valence-electron chi connectivity index (χ3n) is 3.97. The maximum absolute atomic E-state index is 14.1. The summed E-state index contributed by atoms with van der Waals surface area (Å²) in [5, 5.41) is 8.34. The van der Waals surface area contributed by atoms with Gasteiger partial charge < -0.3 is 4.90 Å². The van der Waals surface area contributed by atoms with Crippen molar-refractivity contribution in [2.24, 2.45) is 5.92 Å². The fraction of sp³-hybridized carbons (Fsp3) is 0.450. The van der Waals surface area contributed by atoms with Gasteiger partial charge in [0.15, 0.2) is 0 Å². The second kappa shape index (κ2) is 8.83. The predicted octanol–water partition coefficient (Wildman–Crippen LogP) is 4.31. The van der Waals surface area contributed by atoms with Crippen LogP contribution in [0, 0.1) is 24.5 Å². The number of rotatable bonds is 7. The SMILES string of the molecule is CCCc1cc(C)nnc1CN(CC(C)C)C(=O)c1cc(F)ccc1F. The summed E-state index contributed by atoms with van der Waals surface area (Å²) >= 11 is 0. The van der Waals surface area contributed by atoms with E-state index in [1.807, 2.05) is 26.8 Å². The third-order valence-corrected chi connectivity index (χ3v) is 3.97. The number of aromatic nitrogens is 2. The molecule has 1 heterocycles. The Morgan fingerprint density at radius 3 is 2.58 bits per heavy atom.